The van der Waals surface area contributed by atoms with E-state index in [1.54, 1.807) is 6.08 Å². The number of rotatable bonds is 6. The Labute approximate surface area is 98.0 Å². The maximum atomic E-state index is 12.9. The second-order valence-corrected chi connectivity index (χ2v) is 3.63. The van der Waals surface area contributed by atoms with E-state index in [2.05, 4.69) is 6.58 Å². The number of hydrogen-bond donors (Lipinski definition) is 1. The minimum atomic E-state index is -0.997. The van der Waals surface area contributed by atoms with Gasteiger partial charge in [-0.2, -0.15) is 0 Å². The summed E-state index contributed by atoms with van der Waals surface area (Å²) >= 11 is 0. The highest BCUT2D eigenvalue weighted by Crippen LogP contribution is 2.10. The summed E-state index contributed by atoms with van der Waals surface area (Å²) in [5.74, 6) is -2.34. The van der Waals surface area contributed by atoms with E-state index in [4.69, 9.17) is 5.11 Å². The number of carbonyl (C=O) groups is 1. The Morgan fingerprint density at radius 3 is 2.41 bits per heavy atom. The molecule has 5 heteroatoms. The van der Waals surface area contributed by atoms with Crippen LogP contribution in [0.1, 0.15) is 5.56 Å². The van der Waals surface area contributed by atoms with Crippen LogP contribution < -0.4 is 0 Å². The van der Waals surface area contributed by atoms with E-state index in [9.17, 15) is 13.6 Å². The molecule has 0 amide bonds. The number of carboxylic acid groups (broad SMARTS) is 1. The third-order valence-electron chi connectivity index (χ3n) is 2.07. The van der Waals surface area contributed by atoms with Crippen molar-refractivity contribution in [1.29, 1.82) is 0 Å². The largest absolute Gasteiger partial charge is 0.480 e. The molecule has 17 heavy (non-hydrogen) atoms. The Morgan fingerprint density at radius 2 is 1.94 bits per heavy atom. The van der Waals surface area contributed by atoms with E-state index in [0.717, 1.165) is 6.07 Å². The first kappa shape index (κ1) is 13.3. The van der Waals surface area contributed by atoms with Crippen LogP contribution in [0.2, 0.25) is 0 Å². The predicted molar refractivity (Wildman–Crippen MR) is 59.5 cm³/mol. The molecular weight excluding hydrogens is 228 g/mol. The zero-order valence-electron chi connectivity index (χ0n) is 9.20. The Bertz CT molecular complexity index is 401. The molecule has 0 radical (unpaired) electrons. The van der Waals surface area contributed by atoms with Crippen LogP contribution in [-0.4, -0.2) is 29.1 Å². The van der Waals surface area contributed by atoms with Crippen LogP contribution in [0.4, 0.5) is 8.78 Å². The molecule has 1 N–H and O–H groups in total. The Balaban J connectivity index is 2.77. The monoisotopic (exact) mass is 241 g/mol. The summed E-state index contributed by atoms with van der Waals surface area (Å²) in [7, 11) is 0. The Hall–Kier alpha value is -1.75. The van der Waals surface area contributed by atoms with Crippen molar-refractivity contribution in [3.05, 3.63) is 48.1 Å². The molecule has 0 bridgehead atoms. The third kappa shape index (κ3) is 4.74. The van der Waals surface area contributed by atoms with Gasteiger partial charge in [0.25, 0.3) is 0 Å². The van der Waals surface area contributed by atoms with Gasteiger partial charge in [0.15, 0.2) is 0 Å². The van der Waals surface area contributed by atoms with Crippen LogP contribution in [0.3, 0.4) is 0 Å². The van der Waals surface area contributed by atoms with E-state index in [-0.39, 0.29) is 13.1 Å². The van der Waals surface area contributed by atoms with Gasteiger partial charge in [-0.25, -0.2) is 8.78 Å². The smallest absolute Gasteiger partial charge is 0.317 e. The topological polar surface area (TPSA) is 40.5 Å². The van der Waals surface area contributed by atoms with Crippen LogP contribution >= 0.6 is 0 Å². The summed E-state index contributed by atoms with van der Waals surface area (Å²) in [5, 5.41) is 8.67. The quantitative estimate of drug-likeness (QED) is 0.775. The lowest BCUT2D eigenvalue weighted by atomic mass is 10.2. The van der Waals surface area contributed by atoms with E-state index in [1.165, 1.54) is 17.0 Å². The molecule has 0 saturated heterocycles. The third-order valence-corrected chi connectivity index (χ3v) is 2.07. The van der Waals surface area contributed by atoms with Crippen molar-refractivity contribution >= 4 is 5.97 Å². The molecule has 0 aliphatic rings. The summed E-state index contributed by atoms with van der Waals surface area (Å²) in [6.07, 6.45) is 1.54. The number of halogens is 2. The lowest BCUT2D eigenvalue weighted by molar-refractivity contribution is -0.138. The molecule has 0 aromatic heterocycles. The first-order valence-electron chi connectivity index (χ1n) is 5.01. The van der Waals surface area contributed by atoms with Crippen molar-refractivity contribution in [3.8, 4) is 0 Å². The number of hydrogen-bond acceptors (Lipinski definition) is 2. The summed E-state index contributed by atoms with van der Waals surface area (Å²) in [5.41, 5.74) is 0.394. The summed E-state index contributed by atoms with van der Waals surface area (Å²) in [6, 6.07) is 3.14. The molecule has 0 atom stereocenters. The molecule has 0 saturated carbocycles. The number of aliphatic carboxylic acids is 1. The normalized spacial score (nSPS) is 10.5. The first-order chi connectivity index (χ1) is 8.01. The van der Waals surface area contributed by atoms with Crippen molar-refractivity contribution in [1.82, 2.24) is 4.90 Å². The average molecular weight is 241 g/mol. The van der Waals surface area contributed by atoms with E-state index < -0.39 is 17.6 Å². The van der Waals surface area contributed by atoms with Gasteiger partial charge in [-0.15, -0.1) is 6.58 Å². The van der Waals surface area contributed by atoms with E-state index >= 15 is 0 Å². The second-order valence-electron chi connectivity index (χ2n) is 3.63. The van der Waals surface area contributed by atoms with Gasteiger partial charge in [-0.05, 0) is 17.7 Å². The van der Waals surface area contributed by atoms with Crippen LogP contribution in [-0.2, 0) is 11.3 Å². The molecule has 0 aliphatic heterocycles. The molecular formula is C12H13F2NO2. The van der Waals surface area contributed by atoms with Crippen molar-refractivity contribution in [3.63, 3.8) is 0 Å². The van der Waals surface area contributed by atoms with Crippen LogP contribution in [0.15, 0.2) is 30.9 Å². The van der Waals surface area contributed by atoms with Gasteiger partial charge in [0.05, 0.1) is 6.54 Å². The summed E-state index contributed by atoms with van der Waals surface area (Å²) in [4.78, 5) is 12.1. The molecule has 0 aliphatic carbocycles. The molecule has 3 nitrogen and oxygen atoms in total. The summed E-state index contributed by atoms with van der Waals surface area (Å²) in [6.45, 7) is 3.79. The Morgan fingerprint density at radius 1 is 1.35 bits per heavy atom. The fraction of sp³-hybridized carbons (Fsp3) is 0.250. The molecule has 1 aromatic carbocycles. The SMILES string of the molecule is C=CCN(CC(=O)O)Cc1cc(F)cc(F)c1. The molecule has 0 unspecified atom stereocenters. The first-order valence-corrected chi connectivity index (χ1v) is 5.01. The molecule has 0 fully saturated rings. The maximum Gasteiger partial charge on any atom is 0.317 e. The standard InChI is InChI=1S/C12H13F2NO2/c1-2-3-15(8-12(16)17)7-9-4-10(13)6-11(14)5-9/h2,4-6H,1,3,7-8H2,(H,16,17). The fourth-order valence-electron chi connectivity index (χ4n) is 1.52. The van der Waals surface area contributed by atoms with Crippen molar-refractivity contribution in [2.75, 3.05) is 13.1 Å². The number of nitrogens with zero attached hydrogens (tertiary/aromatic N) is 1. The highest BCUT2D eigenvalue weighted by molar-refractivity contribution is 5.69. The van der Waals surface area contributed by atoms with E-state index in [0.29, 0.717) is 12.1 Å². The fourth-order valence-corrected chi connectivity index (χ4v) is 1.52. The van der Waals surface area contributed by atoms with Gasteiger partial charge in [0.2, 0.25) is 0 Å². The highest BCUT2D eigenvalue weighted by atomic mass is 19.1. The predicted octanol–water partition coefficient (Wildman–Crippen LogP) is 2.04. The van der Waals surface area contributed by atoms with Gasteiger partial charge in [0, 0.05) is 19.2 Å². The van der Waals surface area contributed by atoms with Gasteiger partial charge in [0.1, 0.15) is 11.6 Å². The Kier molecular flexibility index (Phi) is 4.78. The van der Waals surface area contributed by atoms with Crippen LogP contribution in [0, 0.1) is 11.6 Å². The molecule has 0 heterocycles. The second kappa shape index (κ2) is 6.10. The molecule has 1 rings (SSSR count). The number of carboxylic acids is 1. The lowest BCUT2D eigenvalue weighted by Crippen LogP contribution is -2.29. The van der Waals surface area contributed by atoms with Crippen molar-refractivity contribution in [2.45, 2.75) is 6.54 Å². The summed E-state index contributed by atoms with van der Waals surface area (Å²) < 4.78 is 25.9. The van der Waals surface area contributed by atoms with Gasteiger partial charge >= 0.3 is 5.97 Å². The highest BCUT2D eigenvalue weighted by Gasteiger charge is 2.10. The van der Waals surface area contributed by atoms with Crippen LogP contribution in [0.5, 0.6) is 0 Å². The maximum absolute atomic E-state index is 12.9. The molecule has 92 valence electrons. The van der Waals surface area contributed by atoms with Crippen LogP contribution in [0.25, 0.3) is 0 Å². The minimum Gasteiger partial charge on any atom is -0.480 e. The average Bonchev–Trinajstić information content (AvgIpc) is 2.14. The van der Waals surface area contributed by atoms with E-state index in [1.807, 2.05) is 0 Å². The molecule has 0 spiro atoms. The van der Waals surface area contributed by atoms with Gasteiger partial charge in [-0.3, -0.25) is 9.69 Å². The van der Waals surface area contributed by atoms with Crippen molar-refractivity contribution in [2.24, 2.45) is 0 Å². The zero-order valence-corrected chi connectivity index (χ0v) is 9.20. The lowest BCUT2D eigenvalue weighted by Gasteiger charge is -2.18. The van der Waals surface area contributed by atoms with Gasteiger partial charge < -0.3 is 5.11 Å². The molecule has 1 aromatic rings. The number of benzene rings is 1. The minimum absolute atomic E-state index is 0.160. The van der Waals surface area contributed by atoms with Gasteiger partial charge in [-0.1, -0.05) is 6.08 Å². The van der Waals surface area contributed by atoms with Crippen molar-refractivity contribution < 1.29 is 18.7 Å². The zero-order chi connectivity index (χ0) is 12.8.